The van der Waals surface area contributed by atoms with E-state index in [1.54, 1.807) is 0 Å². The van der Waals surface area contributed by atoms with E-state index in [-0.39, 0.29) is 29.9 Å². The third kappa shape index (κ3) is 14.9. The standard InChI is InChI=1S/C23H42N4O6S.C2H6/c1-2-20(28)24-9-5-11-31-13-15-33-16-14-32-12-6-10-25-21(29)8-4-3-7-19-22-18(17-34-19)26-23(30)27-22;1-2/h18-19,22H,2-17H2,1H3,(H,24,28)(H,25,29)(H2,26,27,30);1-2H3. The first-order valence-corrected chi connectivity index (χ1v) is 14.6. The maximum Gasteiger partial charge on any atom is 0.315 e. The third-order valence-corrected chi connectivity index (χ3v) is 7.23. The molecule has 3 unspecified atom stereocenters. The van der Waals surface area contributed by atoms with Crippen LogP contribution in [0.4, 0.5) is 4.79 Å². The lowest BCUT2D eigenvalue weighted by molar-refractivity contribution is -0.121. The van der Waals surface area contributed by atoms with Crippen molar-refractivity contribution in [1.82, 2.24) is 21.3 Å². The SMILES string of the molecule is CC.CCC(=O)NCCCOCCOCCOCCCNC(=O)CCCCC1SCC2NC(=O)NC21. The molecule has 2 aliphatic rings. The number of carbonyl (C=O) groups excluding carboxylic acids is 3. The van der Waals surface area contributed by atoms with E-state index in [2.05, 4.69) is 21.3 Å². The lowest BCUT2D eigenvalue weighted by atomic mass is 10.0. The number of urea groups is 1. The van der Waals surface area contributed by atoms with Crippen molar-refractivity contribution in [2.24, 2.45) is 0 Å². The van der Waals surface area contributed by atoms with Crippen LogP contribution in [0.2, 0.25) is 0 Å². The highest BCUT2D eigenvalue weighted by molar-refractivity contribution is 8.00. The van der Waals surface area contributed by atoms with Gasteiger partial charge in [0.05, 0.1) is 38.5 Å². The zero-order valence-electron chi connectivity index (χ0n) is 22.4. The van der Waals surface area contributed by atoms with Gasteiger partial charge in [-0.3, -0.25) is 9.59 Å². The number of unbranched alkanes of at least 4 members (excludes halogenated alkanes) is 1. The summed E-state index contributed by atoms with van der Waals surface area (Å²) in [6.07, 6.45) is 5.52. The van der Waals surface area contributed by atoms with E-state index in [9.17, 15) is 14.4 Å². The van der Waals surface area contributed by atoms with Crippen molar-refractivity contribution < 1.29 is 28.6 Å². The van der Waals surface area contributed by atoms with E-state index in [4.69, 9.17) is 14.2 Å². The topological polar surface area (TPSA) is 127 Å². The number of carbonyl (C=O) groups is 3. The van der Waals surface area contributed by atoms with Crippen LogP contribution >= 0.6 is 11.8 Å². The van der Waals surface area contributed by atoms with Gasteiger partial charge in [-0.25, -0.2) is 4.79 Å². The summed E-state index contributed by atoms with van der Waals surface area (Å²) in [4.78, 5) is 34.4. The first-order chi connectivity index (χ1) is 17.6. The zero-order chi connectivity index (χ0) is 26.4. The lowest BCUT2D eigenvalue weighted by Gasteiger charge is -2.16. The van der Waals surface area contributed by atoms with Gasteiger partial charge in [0.1, 0.15) is 0 Å². The molecule has 0 aromatic rings. The summed E-state index contributed by atoms with van der Waals surface area (Å²) < 4.78 is 16.4. The van der Waals surface area contributed by atoms with Crippen molar-refractivity contribution >= 4 is 29.6 Å². The van der Waals surface area contributed by atoms with Gasteiger partial charge < -0.3 is 35.5 Å². The highest BCUT2D eigenvalue weighted by atomic mass is 32.2. The quantitative estimate of drug-likeness (QED) is 0.140. The fourth-order valence-electron chi connectivity index (χ4n) is 3.83. The van der Waals surface area contributed by atoms with Gasteiger partial charge in [-0.1, -0.05) is 27.2 Å². The second kappa shape index (κ2) is 21.5. The molecule has 0 saturated carbocycles. The number of thioether (sulfide) groups is 1. The van der Waals surface area contributed by atoms with Crippen LogP contribution in [-0.4, -0.2) is 93.7 Å². The van der Waals surface area contributed by atoms with Crippen LogP contribution in [0.1, 0.15) is 65.7 Å². The van der Waals surface area contributed by atoms with E-state index in [0.29, 0.717) is 70.8 Å². The zero-order valence-corrected chi connectivity index (χ0v) is 23.2. The van der Waals surface area contributed by atoms with Crippen LogP contribution < -0.4 is 21.3 Å². The van der Waals surface area contributed by atoms with Crippen molar-refractivity contribution in [3.63, 3.8) is 0 Å². The summed E-state index contributed by atoms with van der Waals surface area (Å²) in [6, 6.07) is 0.447. The normalized spacial score (nSPS) is 20.1. The Morgan fingerprint density at radius 1 is 0.861 bits per heavy atom. The summed E-state index contributed by atoms with van der Waals surface area (Å²) in [7, 11) is 0. The number of ether oxygens (including phenoxy) is 3. The monoisotopic (exact) mass is 532 g/mol. The molecule has 0 bridgehead atoms. The Morgan fingerprint density at radius 3 is 2.06 bits per heavy atom. The van der Waals surface area contributed by atoms with Crippen LogP contribution in [0.5, 0.6) is 0 Å². The van der Waals surface area contributed by atoms with Crippen molar-refractivity contribution in [3.8, 4) is 0 Å². The number of rotatable bonds is 20. The number of nitrogens with one attached hydrogen (secondary N) is 4. The van der Waals surface area contributed by atoms with Gasteiger partial charge in [0.2, 0.25) is 11.8 Å². The van der Waals surface area contributed by atoms with Crippen LogP contribution in [0.15, 0.2) is 0 Å². The third-order valence-electron chi connectivity index (χ3n) is 5.72. The molecule has 2 aliphatic heterocycles. The first-order valence-electron chi connectivity index (χ1n) is 13.6. The molecular formula is C25H48N4O6S. The van der Waals surface area contributed by atoms with Gasteiger partial charge in [-0.2, -0.15) is 11.8 Å². The summed E-state index contributed by atoms with van der Waals surface area (Å²) >= 11 is 1.91. The number of amides is 4. The number of fused-ring (bicyclic) bond motifs is 1. The largest absolute Gasteiger partial charge is 0.379 e. The Labute approximate surface area is 221 Å². The molecular weight excluding hydrogens is 484 g/mol. The van der Waals surface area contributed by atoms with Gasteiger partial charge in [0.15, 0.2) is 0 Å². The van der Waals surface area contributed by atoms with Crippen molar-refractivity contribution in [2.75, 3.05) is 58.5 Å². The maximum absolute atomic E-state index is 12.0. The van der Waals surface area contributed by atoms with Crippen molar-refractivity contribution in [2.45, 2.75) is 83.1 Å². The molecule has 11 heteroatoms. The van der Waals surface area contributed by atoms with Crippen LogP contribution in [0.3, 0.4) is 0 Å². The van der Waals surface area contributed by atoms with Gasteiger partial charge >= 0.3 is 6.03 Å². The predicted molar refractivity (Wildman–Crippen MR) is 143 cm³/mol. The molecule has 2 saturated heterocycles. The van der Waals surface area contributed by atoms with Gasteiger partial charge in [-0.05, 0) is 25.7 Å². The van der Waals surface area contributed by atoms with E-state index >= 15 is 0 Å². The van der Waals surface area contributed by atoms with Gasteiger partial charge in [0.25, 0.3) is 0 Å². The highest BCUT2D eigenvalue weighted by Gasteiger charge is 2.42. The smallest absolute Gasteiger partial charge is 0.315 e. The molecule has 10 nitrogen and oxygen atoms in total. The molecule has 210 valence electrons. The number of hydrogen-bond donors (Lipinski definition) is 4. The summed E-state index contributed by atoms with van der Waals surface area (Å²) in [5.41, 5.74) is 0. The average molecular weight is 533 g/mol. The minimum absolute atomic E-state index is 0.0519. The summed E-state index contributed by atoms with van der Waals surface area (Å²) in [5, 5.41) is 12.2. The second-order valence-electron chi connectivity index (χ2n) is 8.47. The Hall–Kier alpha value is -1.56. The highest BCUT2D eigenvalue weighted by Crippen LogP contribution is 2.33. The molecule has 2 fully saturated rings. The van der Waals surface area contributed by atoms with Crippen LogP contribution in [0.25, 0.3) is 0 Å². The van der Waals surface area contributed by atoms with Gasteiger partial charge in [-0.15, -0.1) is 0 Å². The van der Waals surface area contributed by atoms with Gasteiger partial charge in [0, 0.05) is 50.1 Å². The summed E-state index contributed by atoms with van der Waals surface area (Å²) in [6.45, 7) is 10.4. The molecule has 36 heavy (non-hydrogen) atoms. The molecule has 4 amide bonds. The molecule has 0 radical (unpaired) electrons. The van der Waals surface area contributed by atoms with E-state index in [1.165, 1.54) is 0 Å². The lowest BCUT2D eigenvalue weighted by Crippen LogP contribution is -2.36. The number of hydrogen-bond acceptors (Lipinski definition) is 7. The predicted octanol–water partition coefficient (Wildman–Crippen LogP) is 2.21. The Morgan fingerprint density at radius 2 is 1.44 bits per heavy atom. The first kappa shape index (κ1) is 32.5. The van der Waals surface area contributed by atoms with E-state index in [1.807, 2.05) is 32.5 Å². The van der Waals surface area contributed by atoms with Crippen molar-refractivity contribution in [3.05, 3.63) is 0 Å². The molecule has 0 aliphatic carbocycles. The molecule has 4 N–H and O–H groups in total. The maximum atomic E-state index is 12.0. The van der Waals surface area contributed by atoms with E-state index < -0.39 is 0 Å². The molecule has 0 aromatic carbocycles. The molecule has 3 atom stereocenters. The van der Waals surface area contributed by atoms with Crippen molar-refractivity contribution in [1.29, 1.82) is 0 Å². The van der Waals surface area contributed by atoms with Crippen LogP contribution in [-0.2, 0) is 23.8 Å². The molecule has 0 spiro atoms. The molecule has 2 rings (SSSR count). The average Bonchev–Trinajstić information content (AvgIpc) is 3.44. The minimum atomic E-state index is -0.0519. The van der Waals surface area contributed by atoms with Crippen LogP contribution in [0, 0.1) is 0 Å². The molecule has 2 heterocycles. The summed E-state index contributed by atoms with van der Waals surface area (Å²) in [5.74, 6) is 1.12. The Kier molecular flexibility index (Phi) is 19.4. The van der Waals surface area contributed by atoms with E-state index in [0.717, 1.165) is 37.9 Å². The fourth-order valence-corrected chi connectivity index (χ4v) is 5.38. The minimum Gasteiger partial charge on any atom is -0.379 e. The Balaban J connectivity index is 0.00000316. The molecule has 0 aromatic heterocycles. The Bertz CT molecular complexity index is 613. The fraction of sp³-hybridized carbons (Fsp3) is 0.880. The second-order valence-corrected chi connectivity index (χ2v) is 9.74.